The third-order valence-electron chi connectivity index (χ3n) is 4.44. The fraction of sp³-hybridized carbons (Fsp3) is 0.389. The molecule has 10 heteroatoms. The minimum atomic E-state index is -0.954. The maximum Gasteiger partial charge on any atom is 0.416 e. The molecule has 1 aromatic heterocycles. The fourth-order valence-corrected chi connectivity index (χ4v) is 2.89. The van der Waals surface area contributed by atoms with Crippen LogP contribution in [0.1, 0.15) is 25.5 Å². The lowest BCUT2D eigenvalue weighted by molar-refractivity contribution is 0.142. The van der Waals surface area contributed by atoms with Crippen LogP contribution in [-0.4, -0.2) is 47.0 Å². The van der Waals surface area contributed by atoms with Gasteiger partial charge >= 0.3 is 6.09 Å². The second-order valence-electron chi connectivity index (χ2n) is 6.37. The fourth-order valence-electron chi connectivity index (χ4n) is 2.89. The van der Waals surface area contributed by atoms with Crippen molar-refractivity contribution in [2.24, 2.45) is 0 Å². The first-order chi connectivity index (χ1) is 13.3. The Morgan fingerprint density at radius 2 is 2.11 bits per heavy atom. The Hall–Kier alpha value is -3.01. The zero-order valence-electron chi connectivity index (χ0n) is 15.5. The minimum Gasteiger partial charge on any atom is -0.497 e. The van der Waals surface area contributed by atoms with Crippen molar-refractivity contribution in [2.45, 2.75) is 32.0 Å². The molecule has 0 bridgehead atoms. The highest BCUT2D eigenvalue weighted by atomic mass is 19.1. The number of anilines is 2. The quantitative estimate of drug-likeness (QED) is 0.777. The Bertz CT molecular complexity index is 881. The molecule has 1 aliphatic heterocycles. The Balaban J connectivity index is 1.86. The van der Waals surface area contributed by atoms with Crippen molar-refractivity contribution in [3.05, 3.63) is 41.6 Å². The lowest BCUT2D eigenvalue weighted by Gasteiger charge is -2.23. The Morgan fingerprint density at radius 3 is 2.75 bits per heavy atom. The van der Waals surface area contributed by atoms with E-state index in [1.54, 1.807) is 19.1 Å². The first kappa shape index (κ1) is 19.7. The van der Waals surface area contributed by atoms with Gasteiger partial charge in [0.15, 0.2) is 11.6 Å². The summed E-state index contributed by atoms with van der Waals surface area (Å²) in [6.45, 7) is 3.06. The molecule has 2 N–H and O–H groups in total. The van der Waals surface area contributed by atoms with Gasteiger partial charge in [-0.05, 0) is 19.9 Å². The van der Waals surface area contributed by atoms with Gasteiger partial charge in [-0.2, -0.15) is 4.98 Å². The molecule has 1 saturated heterocycles. The summed E-state index contributed by atoms with van der Waals surface area (Å²) in [4.78, 5) is 20.8. The topological polar surface area (TPSA) is 96.8 Å². The number of halogens is 2. The zero-order chi connectivity index (χ0) is 20.4. The second-order valence-corrected chi connectivity index (χ2v) is 6.37. The Kier molecular flexibility index (Phi) is 5.59. The van der Waals surface area contributed by atoms with Crippen LogP contribution in [0.25, 0.3) is 0 Å². The predicted octanol–water partition coefficient (Wildman–Crippen LogP) is 2.64. The molecule has 8 nitrogen and oxygen atoms in total. The number of methoxy groups -OCH3 is 1. The summed E-state index contributed by atoms with van der Waals surface area (Å²) in [6, 6.07) is 3.08. The van der Waals surface area contributed by atoms with Crippen molar-refractivity contribution >= 4 is 17.9 Å². The number of nitrogens with one attached hydrogen (secondary N) is 1. The number of ether oxygens (including phenoxy) is 2. The van der Waals surface area contributed by atoms with E-state index in [0.717, 1.165) is 11.1 Å². The number of rotatable bonds is 6. The molecule has 1 aliphatic rings. The van der Waals surface area contributed by atoms with Crippen LogP contribution in [0.15, 0.2) is 24.4 Å². The number of aromatic nitrogens is 2. The first-order valence-electron chi connectivity index (χ1n) is 8.58. The number of carbonyl (C=O) groups is 1. The van der Waals surface area contributed by atoms with E-state index < -0.39 is 35.9 Å². The third kappa shape index (κ3) is 3.81. The maximum absolute atomic E-state index is 14.3. The number of aliphatic hydroxyl groups excluding tert-OH is 1. The molecule has 0 radical (unpaired) electrons. The first-order valence-corrected chi connectivity index (χ1v) is 8.58. The lowest BCUT2D eigenvalue weighted by atomic mass is 10.1. The van der Waals surface area contributed by atoms with E-state index in [1.807, 2.05) is 0 Å². The molecule has 150 valence electrons. The average Bonchev–Trinajstić information content (AvgIpc) is 3.04. The van der Waals surface area contributed by atoms with Crippen LogP contribution in [0.2, 0.25) is 0 Å². The van der Waals surface area contributed by atoms with Crippen molar-refractivity contribution in [1.82, 2.24) is 9.97 Å². The molecule has 3 rings (SSSR count). The molecule has 0 saturated carbocycles. The van der Waals surface area contributed by atoms with Gasteiger partial charge in [0.05, 0.1) is 25.5 Å². The summed E-state index contributed by atoms with van der Waals surface area (Å²) in [7, 11) is 1.44. The molecule has 2 heterocycles. The number of hydrogen-bond acceptors (Lipinski definition) is 7. The van der Waals surface area contributed by atoms with E-state index in [2.05, 4.69) is 15.3 Å². The van der Waals surface area contributed by atoms with Gasteiger partial charge in [0, 0.05) is 11.6 Å². The highest BCUT2D eigenvalue weighted by molar-refractivity contribution is 5.89. The van der Waals surface area contributed by atoms with Gasteiger partial charge in [-0.25, -0.2) is 23.5 Å². The van der Waals surface area contributed by atoms with Crippen LogP contribution < -0.4 is 15.0 Å². The summed E-state index contributed by atoms with van der Waals surface area (Å²) in [6.07, 6.45) is -0.875. The van der Waals surface area contributed by atoms with Crippen molar-refractivity contribution in [3.8, 4) is 5.75 Å². The van der Waals surface area contributed by atoms with E-state index in [0.29, 0.717) is 11.3 Å². The largest absolute Gasteiger partial charge is 0.497 e. The van der Waals surface area contributed by atoms with E-state index in [4.69, 9.17) is 9.47 Å². The van der Waals surface area contributed by atoms with Crippen molar-refractivity contribution in [2.75, 3.05) is 23.9 Å². The molecule has 1 aromatic carbocycles. The second kappa shape index (κ2) is 7.93. The molecule has 1 amide bonds. The smallest absolute Gasteiger partial charge is 0.416 e. The minimum absolute atomic E-state index is 0.0110. The van der Waals surface area contributed by atoms with E-state index in [9.17, 15) is 18.7 Å². The molecule has 2 aromatic rings. The monoisotopic (exact) mass is 394 g/mol. The van der Waals surface area contributed by atoms with E-state index >= 15 is 0 Å². The molecule has 3 atom stereocenters. The molecule has 28 heavy (non-hydrogen) atoms. The number of carbonyl (C=O) groups excluding carboxylic acids is 1. The summed E-state index contributed by atoms with van der Waals surface area (Å²) in [5, 5.41) is 12.7. The average molecular weight is 394 g/mol. The van der Waals surface area contributed by atoms with Crippen LogP contribution in [0.4, 0.5) is 25.3 Å². The number of aliphatic hydroxyl groups is 1. The van der Waals surface area contributed by atoms with Gasteiger partial charge in [-0.3, -0.25) is 0 Å². The molecule has 0 spiro atoms. The number of amides is 1. The van der Waals surface area contributed by atoms with Crippen molar-refractivity contribution in [1.29, 1.82) is 0 Å². The van der Waals surface area contributed by atoms with E-state index in [-0.39, 0.29) is 18.4 Å². The van der Waals surface area contributed by atoms with Crippen LogP contribution in [0, 0.1) is 11.6 Å². The summed E-state index contributed by atoms with van der Waals surface area (Å²) < 4.78 is 38.4. The van der Waals surface area contributed by atoms with Crippen molar-refractivity contribution in [3.63, 3.8) is 0 Å². The van der Waals surface area contributed by atoms with Crippen LogP contribution in [-0.2, 0) is 4.74 Å². The van der Waals surface area contributed by atoms with Gasteiger partial charge in [0.25, 0.3) is 0 Å². The number of hydrogen-bond donors (Lipinski definition) is 2. The summed E-state index contributed by atoms with van der Waals surface area (Å²) in [5.41, 5.74) is 0.331. The molecular weight excluding hydrogens is 374 g/mol. The molecule has 0 unspecified atom stereocenters. The molecule has 1 fully saturated rings. The van der Waals surface area contributed by atoms with Crippen LogP contribution >= 0.6 is 0 Å². The van der Waals surface area contributed by atoms with Gasteiger partial charge in [-0.15, -0.1) is 0 Å². The molecular formula is C18H20F2N4O4. The van der Waals surface area contributed by atoms with Gasteiger partial charge in [0.1, 0.15) is 24.2 Å². The van der Waals surface area contributed by atoms with Gasteiger partial charge in [-0.1, -0.05) is 6.07 Å². The Labute approximate surface area is 160 Å². The van der Waals surface area contributed by atoms with E-state index in [1.165, 1.54) is 20.1 Å². The third-order valence-corrected chi connectivity index (χ3v) is 4.44. The van der Waals surface area contributed by atoms with Crippen molar-refractivity contribution < 1.29 is 28.2 Å². The normalized spacial score (nSPS) is 18.6. The highest BCUT2D eigenvalue weighted by Gasteiger charge is 2.39. The summed E-state index contributed by atoms with van der Waals surface area (Å²) in [5.74, 6) is -1.29. The maximum atomic E-state index is 14.3. The van der Waals surface area contributed by atoms with Gasteiger partial charge < -0.3 is 19.9 Å². The lowest BCUT2D eigenvalue weighted by Crippen LogP contribution is -2.42. The number of cyclic esters (lactones) is 1. The predicted molar refractivity (Wildman–Crippen MR) is 96.3 cm³/mol. The van der Waals surface area contributed by atoms with Crippen LogP contribution in [0.3, 0.4) is 0 Å². The Morgan fingerprint density at radius 1 is 1.36 bits per heavy atom. The SMILES string of the molecule is COc1ccc([C@H](C)Nc2ncc(F)c(N3C(=O)OC[C@@H]3[C@@H](C)O)n2)c(F)c1. The number of nitrogens with zero attached hydrogens (tertiary/aromatic N) is 3. The zero-order valence-corrected chi connectivity index (χ0v) is 15.5. The molecule has 0 aliphatic carbocycles. The highest BCUT2D eigenvalue weighted by Crippen LogP contribution is 2.28. The summed E-state index contributed by atoms with van der Waals surface area (Å²) >= 11 is 0. The standard InChI is InChI=1S/C18H20F2N4O4/c1-9(12-5-4-11(27-3)6-13(12)19)22-17-21-7-14(20)16(23-17)24-15(10(2)25)8-28-18(24)26/h4-7,9-10,15,25H,8H2,1-3H3,(H,21,22,23)/t9-,10+,15+/m0/s1. The number of benzene rings is 1. The van der Waals surface area contributed by atoms with Crippen LogP contribution in [0.5, 0.6) is 5.75 Å². The van der Waals surface area contributed by atoms with Gasteiger partial charge in [0.2, 0.25) is 5.95 Å².